The molecule has 0 radical (unpaired) electrons. The third-order valence-electron chi connectivity index (χ3n) is 7.92. The van der Waals surface area contributed by atoms with Gasteiger partial charge in [-0.2, -0.15) is 23.3 Å². The quantitative estimate of drug-likeness (QED) is 0.488. The number of methoxy groups -OCH3 is 1. The van der Waals surface area contributed by atoms with Gasteiger partial charge >= 0.3 is 6.18 Å². The number of ether oxygens (including phenoxy) is 1. The summed E-state index contributed by atoms with van der Waals surface area (Å²) in [6, 6.07) is 0.761. The number of aromatic nitrogens is 4. The van der Waals surface area contributed by atoms with Crippen LogP contribution >= 0.6 is 0 Å². The van der Waals surface area contributed by atoms with Gasteiger partial charge in [-0.1, -0.05) is 0 Å². The van der Waals surface area contributed by atoms with Crippen molar-refractivity contribution >= 4 is 17.0 Å². The number of anilines is 1. The second-order valence-electron chi connectivity index (χ2n) is 10.2. The molecule has 206 valence electrons. The minimum atomic E-state index is -5.14. The maximum absolute atomic E-state index is 14.7. The average molecular weight is 541 g/mol. The first-order valence-electron chi connectivity index (χ1n) is 12.4. The van der Waals surface area contributed by atoms with Crippen molar-refractivity contribution in [2.75, 3.05) is 38.2 Å². The van der Waals surface area contributed by atoms with E-state index in [0.29, 0.717) is 18.1 Å². The highest BCUT2D eigenvalue weighted by Gasteiger charge is 2.38. The van der Waals surface area contributed by atoms with Gasteiger partial charge < -0.3 is 19.6 Å². The molecule has 2 fully saturated rings. The predicted octanol–water partition coefficient (Wildman–Crippen LogP) is 4.50. The molecule has 1 aromatic carbocycles. The van der Waals surface area contributed by atoms with Gasteiger partial charge in [0.2, 0.25) is 5.95 Å². The van der Waals surface area contributed by atoms with E-state index in [1.165, 1.54) is 17.9 Å². The molecule has 4 heterocycles. The molecule has 0 unspecified atom stereocenters. The number of aryl methyl sites for hydroxylation is 1. The van der Waals surface area contributed by atoms with Crippen LogP contribution < -0.4 is 4.90 Å². The number of alkyl halides is 3. The lowest BCUT2D eigenvalue weighted by atomic mass is 9.91. The van der Waals surface area contributed by atoms with Gasteiger partial charge in [0.05, 0.1) is 16.6 Å². The number of fused-ring (bicyclic) bond motifs is 1. The van der Waals surface area contributed by atoms with Crippen LogP contribution in [0.1, 0.15) is 38.2 Å². The lowest BCUT2D eigenvalue weighted by molar-refractivity contribution is -0.140. The molecule has 0 aliphatic carbocycles. The van der Waals surface area contributed by atoms with Crippen molar-refractivity contribution < 1.29 is 31.8 Å². The molecule has 2 aliphatic heterocycles. The fourth-order valence-corrected chi connectivity index (χ4v) is 5.38. The number of piperidine rings is 2. The van der Waals surface area contributed by atoms with Crippen LogP contribution in [0.15, 0.2) is 12.3 Å². The van der Waals surface area contributed by atoms with E-state index in [-0.39, 0.29) is 22.3 Å². The summed E-state index contributed by atoms with van der Waals surface area (Å²) < 4.78 is 75.5. The molecular weight excluding hydrogens is 511 g/mol. The van der Waals surface area contributed by atoms with Crippen LogP contribution in [-0.2, 0) is 18.0 Å². The summed E-state index contributed by atoms with van der Waals surface area (Å²) in [4.78, 5) is 13.5. The number of nitrogens with zero attached hydrogens (tertiary/aromatic N) is 6. The van der Waals surface area contributed by atoms with Crippen LogP contribution in [0.5, 0.6) is 5.75 Å². The van der Waals surface area contributed by atoms with E-state index >= 15 is 0 Å². The molecule has 38 heavy (non-hydrogen) atoms. The Hall–Kier alpha value is -3.06. The van der Waals surface area contributed by atoms with Crippen LogP contribution in [-0.4, -0.2) is 74.7 Å². The van der Waals surface area contributed by atoms with Gasteiger partial charge in [-0.25, -0.2) is 18.4 Å². The van der Waals surface area contributed by atoms with Gasteiger partial charge in [0.15, 0.2) is 23.0 Å². The Balaban J connectivity index is 1.37. The molecule has 2 saturated heterocycles. The number of halogens is 5. The number of benzene rings is 1. The van der Waals surface area contributed by atoms with Crippen LogP contribution in [0.3, 0.4) is 0 Å². The molecule has 5 rings (SSSR count). The van der Waals surface area contributed by atoms with E-state index in [4.69, 9.17) is 4.74 Å². The Morgan fingerprint density at radius 1 is 1.08 bits per heavy atom. The van der Waals surface area contributed by atoms with Gasteiger partial charge in [-0.05, 0) is 38.7 Å². The zero-order valence-corrected chi connectivity index (χ0v) is 21.3. The maximum Gasteiger partial charge on any atom is 0.419 e. The van der Waals surface area contributed by atoms with Crippen LogP contribution in [0.25, 0.3) is 22.3 Å². The van der Waals surface area contributed by atoms with Crippen molar-refractivity contribution in [3.8, 4) is 17.0 Å². The molecule has 0 bridgehead atoms. The van der Waals surface area contributed by atoms with Crippen LogP contribution in [0, 0.1) is 11.6 Å². The molecule has 0 saturated carbocycles. The topological polar surface area (TPSA) is 79.5 Å². The van der Waals surface area contributed by atoms with Gasteiger partial charge in [-0.3, -0.25) is 0 Å². The SMILES string of the molecule is COC1(C)CCN(C2CCN(c3ncc4c(-c5cc(C(F)(F)F)c(F)c(O)c5F)nn(C)c4n3)CC2)CC1. The third kappa shape index (κ3) is 4.66. The molecule has 8 nitrogen and oxygen atoms in total. The standard InChI is InChI=1S/C25H29F5N6O2/c1-24(38-3)6-10-35(11-7-24)14-4-8-36(9-5-14)23-31-13-16-20(33-34(2)22(16)32-23)15-12-17(25(28,29)30)19(27)21(37)18(15)26/h12-14,37H,4-11H2,1-3H3. The third-order valence-corrected chi connectivity index (χ3v) is 7.92. The lowest BCUT2D eigenvalue weighted by Gasteiger charge is -2.44. The van der Waals surface area contributed by atoms with Crippen LogP contribution in [0.2, 0.25) is 0 Å². The zero-order valence-electron chi connectivity index (χ0n) is 21.3. The molecule has 0 spiro atoms. The van der Waals surface area contributed by atoms with Crippen molar-refractivity contribution in [1.29, 1.82) is 0 Å². The van der Waals surface area contributed by atoms with Gasteiger partial charge in [0.25, 0.3) is 0 Å². The maximum atomic E-state index is 14.7. The molecule has 1 N–H and O–H groups in total. The van der Waals surface area contributed by atoms with Gasteiger partial charge in [-0.15, -0.1) is 0 Å². The Kier molecular flexibility index (Phi) is 6.70. The van der Waals surface area contributed by atoms with Gasteiger partial charge in [0, 0.05) is 58.1 Å². The molecule has 13 heteroatoms. The zero-order chi connectivity index (χ0) is 27.4. The summed E-state index contributed by atoms with van der Waals surface area (Å²) in [6.07, 6.45) is 0.0773. The normalized spacial score (nSPS) is 19.4. The number of rotatable bonds is 4. The first-order chi connectivity index (χ1) is 17.9. The van der Waals surface area contributed by atoms with Gasteiger partial charge in [0.1, 0.15) is 5.69 Å². The summed E-state index contributed by atoms with van der Waals surface area (Å²) in [5.74, 6) is -4.88. The number of likely N-dealkylation sites (tertiary alicyclic amines) is 1. The monoisotopic (exact) mass is 540 g/mol. The molecular formula is C25H29F5N6O2. The number of hydrogen-bond donors (Lipinski definition) is 1. The van der Waals surface area contributed by atoms with Crippen molar-refractivity contribution in [3.05, 3.63) is 29.5 Å². The van der Waals surface area contributed by atoms with E-state index in [1.807, 2.05) is 4.90 Å². The van der Waals surface area contributed by atoms with E-state index in [2.05, 4.69) is 26.9 Å². The fraction of sp³-hybridized carbons (Fsp3) is 0.560. The van der Waals surface area contributed by atoms with Crippen LogP contribution in [0.4, 0.5) is 27.9 Å². The second kappa shape index (κ2) is 9.60. The predicted molar refractivity (Wildman–Crippen MR) is 130 cm³/mol. The summed E-state index contributed by atoms with van der Waals surface area (Å²) in [5, 5.41) is 14.0. The number of aromatic hydroxyl groups is 1. The minimum absolute atomic E-state index is 0.0632. The highest BCUT2D eigenvalue weighted by Crippen LogP contribution is 2.41. The summed E-state index contributed by atoms with van der Waals surface area (Å²) >= 11 is 0. The smallest absolute Gasteiger partial charge is 0.419 e. The summed E-state index contributed by atoms with van der Waals surface area (Å²) in [7, 11) is 3.28. The highest BCUT2D eigenvalue weighted by atomic mass is 19.4. The molecule has 0 amide bonds. The lowest BCUT2D eigenvalue weighted by Crippen LogP contribution is -2.51. The van der Waals surface area contributed by atoms with Crippen molar-refractivity contribution in [1.82, 2.24) is 24.6 Å². The molecule has 2 aromatic heterocycles. The Labute approximate surface area is 216 Å². The average Bonchev–Trinajstić information content (AvgIpc) is 3.22. The summed E-state index contributed by atoms with van der Waals surface area (Å²) in [5.41, 5.74) is -2.49. The molecule has 2 aliphatic rings. The Bertz CT molecular complexity index is 1340. The summed E-state index contributed by atoms with van der Waals surface area (Å²) in [6.45, 7) is 5.58. The largest absolute Gasteiger partial charge is 0.503 e. The van der Waals surface area contributed by atoms with Crippen molar-refractivity contribution in [3.63, 3.8) is 0 Å². The van der Waals surface area contributed by atoms with E-state index < -0.39 is 34.7 Å². The van der Waals surface area contributed by atoms with E-state index in [0.717, 1.165) is 51.9 Å². The first-order valence-corrected chi connectivity index (χ1v) is 12.4. The first kappa shape index (κ1) is 26.5. The fourth-order valence-electron chi connectivity index (χ4n) is 5.38. The molecule has 3 aromatic rings. The number of hydrogen-bond acceptors (Lipinski definition) is 7. The number of phenols is 1. The van der Waals surface area contributed by atoms with E-state index in [1.54, 1.807) is 7.11 Å². The molecule has 0 atom stereocenters. The van der Waals surface area contributed by atoms with Crippen molar-refractivity contribution in [2.24, 2.45) is 7.05 Å². The van der Waals surface area contributed by atoms with E-state index in [9.17, 15) is 27.1 Å². The second-order valence-corrected chi connectivity index (χ2v) is 10.2. The highest BCUT2D eigenvalue weighted by molar-refractivity contribution is 5.91. The number of phenolic OH excluding ortho intramolecular Hbond substituents is 1. The van der Waals surface area contributed by atoms with Crippen molar-refractivity contribution in [2.45, 2.75) is 50.4 Å². The Morgan fingerprint density at radius 2 is 1.74 bits per heavy atom. The Morgan fingerprint density at radius 3 is 2.34 bits per heavy atom. The minimum Gasteiger partial charge on any atom is -0.503 e.